The highest BCUT2D eigenvalue weighted by atomic mass is 16.3. The fraction of sp³-hybridized carbons (Fsp3) is 0.0588. The smallest absolute Gasteiger partial charge is 0.160 e. The second kappa shape index (κ2) is 12.0. The summed E-state index contributed by atoms with van der Waals surface area (Å²) in [6.45, 7) is 4.66. The molecule has 0 fully saturated rings. The van der Waals surface area contributed by atoms with Crippen molar-refractivity contribution in [3.8, 4) is 33.8 Å². The molecule has 4 nitrogen and oxygen atoms in total. The zero-order valence-electron chi connectivity index (χ0n) is 30.5. The van der Waals surface area contributed by atoms with Gasteiger partial charge in [0, 0.05) is 49.8 Å². The predicted octanol–water partition coefficient (Wildman–Crippen LogP) is 13.8. The second-order valence-electron chi connectivity index (χ2n) is 15.0. The molecule has 0 amide bonds. The maximum Gasteiger partial charge on any atom is 0.160 e. The number of benzene rings is 8. The van der Waals surface area contributed by atoms with Crippen LogP contribution in [0.25, 0.3) is 77.4 Å². The number of aromatic nitrogens is 2. The molecule has 55 heavy (non-hydrogen) atoms. The predicted molar refractivity (Wildman–Crippen MR) is 227 cm³/mol. The first-order valence-electron chi connectivity index (χ1n) is 18.8. The number of anilines is 3. The third-order valence-electron chi connectivity index (χ3n) is 11.4. The van der Waals surface area contributed by atoms with Crippen LogP contribution in [0.2, 0.25) is 0 Å². The zero-order valence-corrected chi connectivity index (χ0v) is 30.5. The van der Waals surface area contributed by atoms with Crippen LogP contribution in [0, 0.1) is 0 Å². The van der Waals surface area contributed by atoms with Crippen LogP contribution in [0.5, 0.6) is 0 Å². The third-order valence-corrected chi connectivity index (χ3v) is 11.4. The lowest BCUT2D eigenvalue weighted by molar-refractivity contribution is 0.660. The van der Waals surface area contributed by atoms with Gasteiger partial charge in [-0.05, 0) is 106 Å². The van der Waals surface area contributed by atoms with Gasteiger partial charge in [0.2, 0.25) is 0 Å². The van der Waals surface area contributed by atoms with E-state index in [1.165, 1.54) is 27.6 Å². The highest BCUT2D eigenvalue weighted by molar-refractivity contribution is 6.17. The molecule has 1 aliphatic rings. The van der Waals surface area contributed by atoms with Crippen molar-refractivity contribution < 1.29 is 4.42 Å². The Morgan fingerprint density at radius 3 is 2.00 bits per heavy atom. The molecule has 11 rings (SSSR count). The van der Waals surface area contributed by atoms with Crippen molar-refractivity contribution in [2.24, 2.45) is 0 Å². The summed E-state index contributed by atoms with van der Waals surface area (Å²) < 4.78 is 6.46. The van der Waals surface area contributed by atoms with Crippen LogP contribution in [0.1, 0.15) is 25.0 Å². The van der Waals surface area contributed by atoms with Crippen LogP contribution in [-0.2, 0) is 5.41 Å². The highest BCUT2D eigenvalue weighted by Crippen LogP contribution is 2.50. The van der Waals surface area contributed by atoms with E-state index in [1.807, 2.05) is 12.1 Å². The summed E-state index contributed by atoms with van der Waals surface area (Å²) in [6, 6.07) is 62.3. The summed E-state index contributed by atoms with van der Waals surface area (Å²) in [5.74, 6) is 0.679. The quantitative estimate of drug-likeness (QED) is 0.179. The molecule has 0 N–H and O–H groups in total. The Morgan fingerprint density at radius 1 is 0.473 bits per heavy atom. The Hall–Kier alpha value is -7.04. The largest absolute Gasteiger partial charge is 0.456 e. The molecule has 2 aromatic heterocycles. The van der Waals surface area contributed by atoms with Gasteiger partial charge in [0.1, 0.15) is 11.2 Å². The minimum Gasteiger partial charge on any atom is -0.456 e. The average molecular weight is 706 g/mol. The summed E-state index contributed by atoms with van der Waals surface area (Å²) in [5, 5.41) is 5.48. The van der Waals surface area contributed by atoms with Crippen molar-refractivity contribution in [2.75, 3.05) is 4.90 Å². The van der Waals surface area contributed by atoms with Gasteiger partial charge < -0.3 is 9.32 Å². The second-order valence-corrected chi connectivity index (χ2v) is 15.0. The summed E-state index contributed by atoms with van der Waals surface area (Å²) in [7, 11) is 0. The molecule has 1 aliphatic carbocycles. The van der Waals surface area contributed by atoms with Crippen molar-refractivity contribution in [2.45, 2.75) is 19.3 Å². The van der Waals surface area contributed by atoms with Gasteiger partial charge in [-0.15, -0.1) is 0 Å². The van der Waals surface area contributed by atoms with Crippen LogP contribution in [0.3, 0.4) is 0 Å². The summed E-state index contributed by atoms with van der Waals surface area (Å²) in [6.07, 6.45) is 0. The lowest BCUT2D eigenvalue weighted by Crippen LogP contribution is -2.16. The Kier molecular flexibility index (Phi) is 6.86. The number of fused-ring (bicyclic) bond motifs is 8. The Morgan fingerprint density at radius 2 is 1.15 bits per heavy atom. The number of nitrogens with zero attached hydrogens (tertiary/aromatic N) is 3. The SMILES string of the molecule is CC1(C)c2ccccc2-c2ccc(N(c3ccccc3)c3ccc(-c4nc(-c5cccc6oc7cc8ccccc8cc7c56)c5ccccc5n4)cc3)cc21. The normalized spacial score (nSPS) is 13.1. The number of rotatable bonds is 5. The topological polar surface area (TPSA) is 42.2 Å². The number of para-hydroxylation sites is 2. The minimum atomic E-state index is -0.0971. The van der Waals surface area contributed by atoms with Gasteiger partial charge in [-0.25, -0.2) is 9.97 Å². The first kappa shape index (κ1) is 31.5. The van der Waals surface area contributed by atoms with Gasteiger partial charge >= 0.3 is 0 Å². The zero-order chi connectivity index (χ0) is 36.7. The average Bonchev–Trinajstić information content (AvgIpc) is 3.71. The first-order chi connectivity index (χ1) is 27.0. The van der Waals surface area contributed by atoms with Crippen molar-refractivity contribution in [3.05, 3.63) is 187 Å². The molecule has 4 heteroatoms. The van der Waals surface area contributed by atoms with E-state index in [-0.39, 0.29) is 5.41 Å². The van der Waals surface area contributed by atoms with Gasteiger partial charge in [-0.3, -0.25) is 0 Å². The van der Waals surface area contributed by atoms with E-state index in [9.17, 15) is 0 Å². The molecule has 0 saturated carbocycles. The molecule has 2 heterocycles. The van der Waals surface area contributed by atoms with E-state index in [4.69, 9.17) is 14.4 Å². The maximum atomic E-state index is 6.46. The summed E-state index contributed by atoms with van der Waals surface area (Å²) in [5.41, 5.74) is 14.0. The molecule has 0 aliphatic heterocycles. The van der Waals surface area contributed by atoms with Gasteiger partial charge in [0.25, 0.3) is 0 Å². The lowest BCUT2D eigenvalue weighted by Gasteiger charge is -2.28. The first-order valence-corrected chi connectivity index (χ1v) is 18.8. The van der Waals surface area contributed by atoms with E-state index in [1.54, 1.807) is 0 Å². The van der Waals surface area contributed by atoms with E-state index < -0.39 is 0 Å². The molecule has 0 radical (unpaired) electrons. The van der Waals surface area contributed by atoms with Crippen LogP contribution >= 0.6 is 0 Å². The molecular weight excluding hydrogens is 671 g/mol. The molecule has 260 valence electrons. The third kappa shape index (κ3) is 4.92. The molecule has 0 spiro atoms. The number of hydrogen-bond acceptors (Lipinski definition) is 4. The Bertz CT molecular complexity index is 3120. The van der Waals surface area contributed by atoms with Gasteiger partial charge in [0.05, 0.1) is 11.2 Å². The maximum absolute atomic E-state index is 6.46. The van der Waals surface area contributed by atoms with Crippen LogP contribution in [-0.4, -0.2) is 9.97 Å². The molecule has 0 bridgehead atoms. The van der Waals surface area contributed by atoms with Crippen LogP contribution in [0.4, 0.5) is 17.1 Å². The van der Waals surface area contributed by atoms with Crippen molar-refractivity contribution >= 4 is 60.7 Å². The highest BCUT2D eigenvalue weighted by Gasteiger charge is 2.35. The molecular formula is C51H35N3O. The molecule has 10 aromatic rings. The molecule has 0 unspecified atom stereocenters. The lowest BCUT2D eigenvalue weighted by atomic mass is 9.82. The summed E-state index contributed by atoms with van der Waals surface area (Å²) in [4.78, 5) is 12.8. The van der Waals surface area contributed by atoms with E-state index in [0.717, 1.165) is 72.1 Å². The summed E-state index contributed by atoms with van der Waals surface area (Å²) >= 11 is 0. The van der Waals surface area contributed by atoms with E-state index in [0.29, 0.717) is 5.82 Å². The van der Waals surface area contributed by atoms with Gasteiger partial charge in [-0.1, -0.05) is 117 Å². The van der Waals surface area contributed by atoms with E-state index >= 15 is 0 Å². The van der Waals surface area contributed by atoms with Crippen molar-refractivity contribution in [3.63, 3.8) is 0 Å². The molecule has 0 saturated heterocycles. The Balaban J connectivity index is 1.04. The van der Waals surface area contributed by atoms with Crippen molar-refractivity contribution in [1.82, 2.24) is 9.97 Å². The van der Waals surface area contributed by atoms with Crippen LogP contribution < -0.4 is 4.90 Å². The minimum absolute atomic E-state index is 0.0971. The van der Waals surface area contributed by atoms with Gasteiger partial charge in [-0.2, -0.15) is 0 Å². The molecule has 8 aromatic carbocycles. The fourth-order valence-electron chi connectivity index (χ4n) is 8.74. The number of furan rings is 1. The standard InChI is InChI=1S/C51H35N3O/c1-51(2)43-20-10-8-17-38(43)39-28-27-37(31-44(39)51)54(35-15-4-3-5-16-35)36-25-23-32(24-26-36)50-52-45-21-11-9-18-40(45)49(53-50)41-19-12-22-46-48(41)42-29-33-13-6-7-14-34(33)30-47(42)55-46/h3-31H,1-2H3. The Labute approximate surface area is 319 Å². The van der Waals surface area contributed by atoms with E-state index in [2.05, 4.69) is 183 Å². The number of hydrogen-bond donors (Lipinski definition) is 0. The van der Waals surface area contributed by atoms with Crippen LogP contribution in [0.15, 0.2) is 180 Å². The van der Waals surface area contributed by atoms with Crippen molar-refractivity contribution in [1.29, 1.82) is 0 Å². The molecule has 0 atom stereocenters. The van der Waals surface area contributed by atoms with Gasteiger partial charge in [0.15, 0.2) is 5.82 Å². The fourth-order valence-corrected chi connectivity index (χ4v) is 8.74. The monoisotopic (exact) mass is 705 g/mol.